The van der Waals surface area contributed by atoms with E-state index < -0.39 is 10.0 Å². The first-order valence-electron chi connectivity index (χ1n) is 8.49. The number of rotatable bonds is 6. The zero-order valence-electron chi connectivity index (χ0n) is 14.8. The summed E-state index contributed by atoms with van der Waals surface area (Å²) >= 11 is 0. The Morgan fingerprint density at radius 2 is 1.56 bits per heavy atom. The van der Waals surface area contributed by atoms with Crippen LogP contribution in [0.4, 0.5) is 0 Å². The third-order valence-electron chi connectivity index (χ3n) is 3.96. The van der Waals surface area contributed by atoms with Crippen LogP contribution in [0.15, 0.2) is 65.7 Å². The second-order valence-electron chi connectivity index (χ2n) is 5.85. The molecule has 0 atom stereocenters. The topological polar surface area (TPSA) is 95.7 Å². The van der Waals surface area contributed by atoms with E-state index in [1.165, 1.54) is 0 Å². The average Bonchev–Trinajstić information content (AvgIpc) is 2.72. The molecule has 1 N–H and O–H groups in total. The Labute approximate surface area is 158 Å². The summed E-state index contributed by atoms with van der Waals surface area (Å²) in [5.74, 6) is 0. The maximum atomic E-state index is 12.6. The van der Waals surface area contributed by atoms with E-state index in [4.69, 9.17) is 0 Å². The molecule has 0 bridgehead atoms. The Bertz CT molecular complexity index is 1080. The third kappa shape index (κ3) is 3.87. The first kappa shape index (κ1) is 18.7. The SMILES string of the molecule is CCCNS(=O)(=O)c1nnc(-c2ccccc2)c(-c2ccccc2)c1C#N. The molecule has 0 unspecified atom stereocenters. The molecule has 6 nitrogen and oxygen atoms in total. The van der Waals surface area contributed by atoms with Crippen molar-refractivity contribution in [1.82, 2.24) is 14.9 Å². The summed E-state index contributed by atoms with van der Waals surface area (Å²) in [6, 6.07) is 20.5. The van der Waals surface area contributed by atoms with E-state index in [1.54, 1.807) is 0 Å². The third-order valence-corrected chi connectivity index (χ3v) is 5.34. The fourth-order valence-electron chi connectivity index (χ4n) is 2.70. The van der Waals surface area contributed by atoms with Crippen LogP contribution >= 0.6 is 0 Å². The van der Waals surface area contributed by atoms with Gasteiger partial charge in [-0.25, -0.2) is 13.1 Å². The summed E-state index contributed by atoms with van der Waals surface area (Å²) in [7, 11) is -3.94. The standard InChI is InChI=1S/C20H18N4O2S/c1-2-13-22-27(25,26)20-17(14-21)18(15-9-5-3-6-10-15)19(23-24-20)16-11-7-4-8-12-16/h3-12,22H,2,13H2,1H3. The van der Waals surface area contributed by atoms with Crippen LogP contribution in [0.25, 0.3) is 22.4 Å². The highest BCUT2D eigenvalue weighted by atomic mass is 32.2. The first-order valence-corrected chi connectivity index (χ1v) is 9.98. The van der Waals surface area contributed by atoms with Gasteiger partial charge in [0.05, 0.1) is 0 Å². The van der Waals surface area contributed by atoms with Gasteiger partial charge >= 0.3 is 0 Å². The van der Waals surface area contributed by atoms with Crippen molar-refractivity contribution in [3.63, 3.8) is 0 Å². The fourth-order valence-corrected chi connectivity index (χ4v) is 3.88. The van der Waals surface area contributed by atoms with Gasteiger partial charge in [0, 0.05) is 17.7 Å². The van der Waals surface area contributed by atoms with Crippen LogP contribution in [0, 0.1) is 11.3 Å². The molecule has 136 valence electrons. The maximum Gasteiger partial charge on any atom is 0.261 e. The summed E-state index contributed by atoms with van der Waals surface area (Å²) in [6.07, 6.45) is 0.627. The number of sulfonamides is 1. The zero-order chi connectivity index (χ0) is 19.3. The van der Waals surface area contributed by atoms with Crippen molar-refractivity contribution >= 4 is 10.0 Å². The molecular formula is C20H18N4O2S. The van der Waals surface area contributed by atoms with Crippen LogP contribution in [-0.2, 0) is 10.0 Å². The number of nitrogens with zero attached hydrogens (tertiary/aromatic N) is 3. The van der Waals surface area contributed by atoms with Gasteiger partial charge in [-0.05, 0) is 12.0 Å². The lowest BCUT2D eigenvalue weighted by atomic mass is 9.96. The van der Waals surface area contributed by atoms with E-state index in [9.17, 15) is 13.7 Å². The predicted molar refractivity (Wildman–Crippen MR) is 103 cm³/mol. The Morgan fingerprint density at radius 3 is 2.11 bits per heavy atom. The minimum absolute atomic E-state index is 0.0151. The smallest absolute Gasteiger partial charge is 0.210 e. The summed E-state index contributed by atoms with van der Waals surface area (Å²) in [4.78, 5) is 0. The van der Waals surface area contributed by atoms with Gasteiger partial charge in [-0.1, -0.05) is 67.6 Å². The Kier molecular flexibility index (Phi) is 5.60. The van der Waals surface area contributed by atoms with Crippen LogP contribution in [0.2, 0.25) is 0 Å². The lowest BCUT2D eigenvalue weighted by Crippen LogP contribution is -2.27. The molecule has 27 heavy (non-hydrogen) atoms. The van der Waals surface area contributed by atoms with Crippen LogP contribution in [0.5, 0.6) is 0 Å². The molecule has 3 rings (SSSR count). The molecule has 0 aliphatic heterocycles. The van der Waals surface area contributed by atoms with E-state index in [1.807, 2.05) is 73.7 Å². The van der Waals surface area contributed by atoms with Gasteiger partial charge in [-0.2, -0.15) is 5.26 Å². The van der Waals surface area contributed by atoms with Gasteiger partial charge < -0.3 is 0 Å². The van der Waals surface area contributed by atoms with E-state index in [-0.39, 0.29) is 17.1 Å². The average molecular weight is 378 g/mol. The van der Waals surface area contributed by atoms with Crippen LogP contribution in [-0.4, -0.2) is 25.2 Å². The van der Waals surface area contributed by atoms with Crippen molar-refractivity contribution in [3.05, 3.63) is 66.2 Å². The molecule has 1 heterocycles. The number of hydrogen-bond donors (Lipinski definition) is 1. The molecular weight excluding hydrogens is 360 g/mol. The second kappa shape index (κ2) is 8.08. The summed E-state index contributed by atoms with van der Waals surface area (Å²) in [5.41, 5.74) is 2.36. The summed E-state index contributed by atoms with van der Waals surface area (Å²) in [6.45, 7) is 2.11. The lowest BCUT2D eigenvalue weighted by Gasteiger charge is -2.14. The molecule has 0 saturated carbocycles. The quantitative estimate of drug-likeness (QED) is 0.709. The molecule has 0 radical (unpaired) electrons. The molecule has 0 saturated heterocycles. The predicted octanol–water partition coefficient (Wildman–Crippen LogP) is 3.37. The first-order chi connectivity index (χ1) is 13.1. The van der Waals surface area contributed by atoms with Gasteiger partial charge in [0.15, 0.2) is 0 Å². The number of hydrogen-bond acceptors (Lipinski definition) is 5. The van der Waals surface area contributed by atoms with Crippen LogP contribution in [0.3, 0.4) is 0 Å². The van der Waals surface area contributed by atoms with E-state index >= 15 is 0 Å². The normalized spacial score (nSPS) is 11.1. The molecule has 2 aromatic carbocycles. The maximum absolute atomic E-state index is 12.6. The summed E-state index contributed by atoms with van der Waals surface area (Å²) in [5, 5.41) is 17.6. The van der Waals surface area contributed by atoms with Crippen molar-refractivity contribution < 1.29 is 8.42 Å². The molecule has 3 aromatic rings. The Balaban J connectivity index is 2.32. The van der Waals surface area contributed by atoms with Gasteiger partial charge in [-0.15, -0.1) is 10.2 Å². The van der Waals surface area contributed by atoms with Crippen LogP contribution < -0.4 is 4.72 Å². The molecule has 1 aromatic heterocycles. The molecule has 0 amide bonds. The lowest BCUT2D eigenvalue weighted by molar-refractivity contribution is 0.574. The highest BCUT2D eigenvalue weighted by molar-refractivity contribution is 7.89. The minimum Gasteiger partial charge on any atom is -0.210 e. The number of nitriles is 1. The van der Waals surface area contributed by atoms with Gasteiger partial charge in [0.25, 0.3) is 10.0 Å². The monoisotopic (exact) mass is 378 g/mol. The molecule has 7 heteroatoms. The van der Waals surface area contributed by atoms with Crippen molar-refractivity contribution in [2.24, 2.45) is 0 Å². The minimum atomic E-state index is -3.94. The highest BCUT2D eigenvalue weighted by Gasteiger charge is 2.27. The van der Waals surface area contributed by atoms with Gasteiger partial charge in [-0.3, -0.25) is 0 Å². The van der Waals surface area contributed by atoms with E-state index in [0.29, 0.717) is 23.2 Å². The zero-order valence-corrected chi connectivity index (χ0v) is 15.6. The number of aromatic nitrogens is 2. The highest BCUT2D eigenvalue weighted by Crippen LogP contribution is 2.34. The molecule has 0 aliphatic carbocycles. The van der Waals surface area contributed by atoms with Crippen molar-refractivity contribution in [3.8, 4) is 28.5 Å². The van der Waals surface area contributed by atoms with Gasteiger partial charge in [0.2, 0.25) is 5.03 Å². The van der Waals surface area contributed by atoms with Crippen LogP contribution in [0.1, 0.15) is 18.9 Å². The fraction of sp³-hybridized carbons (Fsp3) is 0.150. The van der Waals surface area contributed by atoms with Crippen molar-refractivity contribution in [2.45, 2.75) is 18.4 Å². The summed E-state index contributed by atoms with van der Waals surface area (Å²) < 4.78 is 27.7. The largest absolute Gasteiger partial charge is 0.261 e. The number of benzene rings is 2. The molecule has 0 fully saturated rings. The molecule has 0 aliphatic rings. The Morgan fingerprint density at radius 1 is 0.963 bits per heavy atom. The van der Waals surface area contributed by atoms with Crippen molar-refractivity contribution in [2.75, 3.05) is 6.54 Å². The number of nitrogens with one attached hydrogen (secondary N) is 1. The Hall–Kier alpha value is -3.08. The van der Waals surface area contributed by atoms with Gasteiger partial charge in [0.1, 0.15) is 17.3 Å². The second-order valence-corrected chi connectivity index (χ2v) is 7.53. The van der Waals surface area contributed by atoms with Crippen molar-refractivity contribution in [1.29, 1.82) is 5.26 Å². The van der Waals surface area contributed by atoms with E-state index in [2.05, 4.69) is 14.9 Å². The molecule has 0 spiro atoms. The van der Waals surface area contributed by atoms with E-state index in [0.717, 1.165) is 5.56 Å².